The van der Waals surface area contributed by atoms with Gasteiger partial charge >= 0.3 is 0 Å². The molecule has 1 saturated heterocycles. The van der Waals surface area contributed by atoms with Gasteiger partial charge in [0.15, 0.2) is 6.19 Å². The number of hydrogen-bond acceptors (Lipinski definition) is 6. The molecule has 2 aromatic rings. The van der Waals surface area contributed by atoms with E-state index in [9.17, 15) is 5.26 Å². The van der Waals surface area contributed by atoms with Crippen LogP contribution in [0.1, 0.15) is 11.1 Å². The van der Waals surface area contributed by atoms with Crippen LogP contribution in [0.3, 0.4) is 0 Å². The van der Waals surface area contributed by atoms with Crippen molar-refractivity contribution in [2.24, 2.45) is 18.5 Å². The molecule has 1 aliphatic rings. The van der Waals surface area contributed by atoms with Gasteiger partial charge in [0.2, 0.25) is 0 Å². The lowest BCUT2D eigenvalue weighted by Crippen LogP contribution is -2.12. The minimum absolute atomic E-state index is 0.426. The topological polar surface area (TPSA) is 106 Å². The van der Waals surface area contributed by atoms with E-state index in [0.29, 0.717) is 24.5 Å². The van der Waals surface area contributed by atoms with Crippen molar-refractivity contribution in [1.82, 2.24) is 14.7 Å². The van der Waals surface area contributed by atoms with Crippen molar-refractivity contribution in [2.45, 2.75) is 0 Å². The highest BCUT2D eigenvalue weighted by Gasteiger charge is 2.27. The van der Waals surface area contributed by atoms with Gasteiger partial charge in [0.05, 0.1) is 26.4 Å². The summed E-state index contributed by atoms with van der Waals surface area (Å²) in [6, 6.07) is 7.53. The summed E-state index contributed by atoms with van der Waals surface area (Å²) in [5.41, 5.74) is 17.3. The van der Waals surface area contributed by atoms with Crippen LogP contribution >= 0.6 is 0 Å². The maximum Gasteiger partial charge on any atom is 0.179 e. The number of aryl methyl sites for hydroxylation is 1. The average molecular weight is 336 g/mol. The SMILES string of the molecule is COc1cccc(/C(N)=C2\CN(C#N)C\C2=C(\N)c2cnn(C)c2)c1. The fourth-order valence-corrected chi connectivity index (χ4v) is 2.89. The Bertz CT molecular complexity index is 902. The van der Waals surface area contributed by atoms with Crippen LogP contribution in [-0.2, 0) is 7.05 Å². The van der Waals surface area contributed by atoms with E-state index in [4.69, 9.17) is 16.2 Å². The molecule has 1 aromatic carbocycles. The number of likely N-dealkylation sites (tertiary alicyclic amines) is 1. The van der Waals surface area contributed by atoms with E-state index in [1.807, 2.05) is 37.5 Å². The highest BCUT2D eigenvalue weighted by molar-refractivity contribution is 5.79. The first kappa shape index (κ1) is 16.5. The quantitative estimate of drug-likeness (QED) is 0.818. The van der Waals surface area contributed by atoms with Gasteiger partial charge in [-0.15, -0.1) is 0 Å². The number of hydrogen-bond donors (Lipinski definition) is 2. The first-order valence-corrected chi connectivity index (χ1v) is 7.79. The van der Waals surface area contributed by atoms with Crippen LogP contribution in [0.5, 0.6) is 5.75 Å². The highest BCUT2D eigenvalue weighted by Crippen LogP contribution is 2.31. The van der Waals surface area contributed by atoms with E-state index < -0.39 is 0 Å². The summed E-state index contributed by atoms with van der Waals surface area (Å²) < 4.78 is 6.96. The lowest BCUT2D eigenvalue weighted by molar-refractivity contribution is 0.414. The number of aromatic nitrogens is 2. The molecule has 1 aliphatic heterocycles. The fourth-order valence-electron chi connectivity index (χ4n) is 2.89. The number of rotatable bonds is 3. The summed E-state index contributed by atoms with van der Waals surface area (Å²) >= 11 is 0. The van der Waals surface area contributed by atoms with Crippen molar-refractivity contribution < 1.29 is 4.74 Å². The molecule has 1 aromatic heterocycles. The monoisotopic (exact) mass is 336 g/mol. The molecule has 128 valence electrons. The smallest absolute Gasteiger partial charge is 0.179 e. The summed E-state index contributed by atoms with van der Waals surface area (Å²) in [7, 11) is 3.44. The van der Waals surface area contributed by atoms with Gasteiger partial charge in [0.1, 0.15) is 5.75 Å². The summed E-state index contributed by atoms with van der Waals surface area (Å²) in [5, 5.41) is 13.5. The predicted molar refractivity (Wildman–Crippen MR) is 95.6 cm³/mol. The minimum atomic E-state index is 0.426. The molecule has 0 saturated carbocycles. The average Bonchev–Trinajstić information content (AvgIpc) is 3.27. The molecule has 0 unspecified atom stereocenters. The molecule has 7 nitrogen and oxygen atoms in total. The second kappa shape index (κ2) is 6.61. The third kappa shape index (κ3) is 3.15. The van der Waals surface area contributed by atoms with Gasteiger partial charge in [-0.2, -0.15) is 10.4 Å². The first-order chi connectivity index (χ1) is 12.0. The van der Waals surface area contributed by atoms with Crippen LogP contribution in [-0.4, -0.2) is 34.9 Å². The van der Waals surface area contributed by atoms with Crippen molar-refractivity contribution >= 4 is 11.4 Å². The Kier molecular flexibility index (Phi) is 4.35. The summed E-state index contributed by atoms with van der Waals surface area (Å²) in [5.74, 6) is 0.724. The Hall–Kier alpha value is -3.40. The molecular weight excluding hydrogens is 316 g/mol. The van der Waals surface area contributed by atoms with Gasteiger partial charge in [-0.1, -0.05) is 12.1 Å². The number of methoxy groups -OCH3 is 1. The largest absolute Gasteiger partial charge is 0.497 e. The molecule has 0 bridgehead atoms. The van der Waals surface area contributed by atoms with Gasteiger partial charge in [-0.05, 0) is 12.1 Å². The van der Waals surface area contributed by atoms with E-state index in [1.165, 1.54) is 0 Å². The molecule has 0 atom stereocenters. The molecule has 0 spiro atoms. The number of nitrogens with zero attached hydrogens (tertiary/aromatic N) is 4. The van der Waals surface area contributed by atoms with Gasteiger partial charge in [0, 0.05) is 46.9 Å². The van der Waals surface area contributed by atoms with E-state index in [-0.39, 0.29) is 0 Å². The molecule has 7 heteroatoms. The van der Waals surface area contributed by atoms with Gasteiger partial charge in [-0.25, -0.2) is 0 Å². The molecular formula is C18H20N6O. The molecule has 0 aliphatic carbocycles. The molecule has 1 fully saturated rings. The van der Waals surface area contributed by atoms with E-state index in [0.717, 1.165) is 28.0 Å². The molecule has 0 amide bonds. The Morgan fingerprint density at radius 2 is 1.88 bits per heavy atom. The van der Waals surface area contributed by atoms with Crippen LogP contribution in [0, 0.1) is 11.5 Å². The third-order valence-corrected chi connectivity index (χ3v) is 4.25. The van der Waals surface area contributed by atoms with Crippen LogP contribution in [0.15, 0.2) is 47.8 Å². The van der Waals surface area contributed by atoms with Crippen molar-refractivity contribution in [2.75, 3.05) is 20.2 Å². The number of nitrogens with two attached hydrogens (primary N) is 2. The van der Waals surface area contributed by atoms with Gasteiger partial charge < -0.3 is 21.1 Å². The zero-order valence-electron chi connectivity index (χ0n) is 14.2. The predicted octanol–water partition coefficient (Wildman–Crippen LogP) is 1.27. The second-order valence-corrected chi connectivity index (χ2v) is 5.88. The number of benzene rings is 1. The lowest BCUT2D eigenvalue weighted by atomic mass is 9.99. The van der Waals surface area contributed by atoms with Crippen molar-refractivity contribution in [3.63, 3.8) is 0 Å². The van der Waals surface area contributed by atoms with Gasteiger partial charge in [-0.3, -0.25) is 4.68 Å². The minimum Gasteiger partial charge on any atom is -0.497 e. The van der Waals surface area contributed by atoms with E-state index >= 15 is 0 Å². The maximum atomic E-state index is 9.31. The Labute approximate surface area is 146 Å². The Morgan fingerprint density at radius 3 is 2.44 bits per heavy atom. The highest BCUT2D eigenvalue weighted by atomic mass is 16.5. The van der Waals surface area contributed by atoms with Gasteiger partial charge in [0.25, 0.3) is 0 Å². The maximum absolute atomic E-state index is 9.31. The lowest BCUT2D eigenvalue weighted by Gasteiger charge is -2.11. The molecule has 4 N–H and O–H groups in total. The molecule has 25 heavy (non-hydrogen) atoms. The van der Waals surface area contributed by atoms with Crippen molar-refractivity contribution in [1.29, 1.82) is 5.26 Å². The standard InChI is InChI=1S/C18H20N6O/c1-23-8-13(7-22-23)18(21)16-10-24(11-19)9-15(16)17(20)12-4-3-5-14(6-12)25-2/h3-8H,9-10,20-21H2,1-2H3/b17-15-,18-16-. The van der Waals surface area contributed by atoms with Crippen LogP contribution in [0.25, 0.3) is 11.4 Å². The normalized spacial score (nSPS) is 18.0. The van der Waals surface area contributed by atoms with E-state index in [1.54, 1.807) is 22.9 Å². The third-order valence-electron chi connectivity index (χ3n) is 4.25. The zero-order chi connectivity index (χ0) is 18.0. The Balaban J connectivity index is 2.12. The zero-order valence-corrected chi connectivity index (χ0v) is 14.2. The fraction of sp³-hybridized carbons (Fsp3) is 0.222. The summed E-state index contributed by atoms with van der Waals surface area (Å²) in [6.45, 7) is 0.854. The first-order valence-electron chi connectivity index (χ1n) is 7.79. The van der Waals surface area contributed by atoms with Crippen LogP contribution < -0.4 is 16.2 Å². The number of nitriles is 1. The molecule has 3 rings (SSSR count). The summed E-state index contributed by atoms with van der Waals surface area (Å²) in [4.78, 5) is 1.63. The van der Waals surface area contributed by atoms with Crippen molar-refractivity contribution in [3.05, 3.63) is 58.9 Å². The van der Waals surface area contributed by atoms with Crippen molar-refractivity contribution in [3.8, 4) is 11.9 Å². The van der Waals surface area contributed by atoms with Crippen LogP contribution in [0.2, 0.25) is 0 Å². The van der Waals surface area contributed by atoms with Crippen LogP contribution in [0.4, 0.5) is 0 Å². The summed E-state index contributed by atoms with van der Waals surface area (Å²) in [6.07, 6.45) is 5.72. The molecule has 0 radical (unpaired) electrons. The van der Waals surface area contributed by atoms with E-state index in [2.05, 4.69) is 11.3 Å². The Morgan fingerprint density at radius 1 is 1.20 bits per heavy atom. The number of ether oxygens (including phenoxy) is 1. The molecule has 2 heterocycles. The second-order valence-electron chi connectivity index (χ2n) is 5.88.